The third-order valence-electron chi connectivity index (χ3n) is 6.35. The molecule has 0 bridgehead atoms. The molecule has 1 N–H and O–H groups in total. The molecular weight excluding hydrogens is 481 g/mol. The van der Waals surface area contributed by atoms with Crippen LogP contribution < -0.4 is 5.32 Å². The maximum atomic E-state index is 14.1. The quantitative estimate of drug-likeness (QED) is 0.430. The molecule has 1 aliphatic rings. The highest BCUT2D eigenvalue weighted by atomic mass is 35.5. The zero-order chi connectivity index (χ0) is 24.4. The highest BCUT2D eigenvalue weighted by Crippen LogP contribution is 2.40. The summed E-state index contributed by atoms with van der Waals surface area (Å²) in [5, 5.41) is 2.66. The van der Waals surface area contributed by atoms with Crippen molar-refractivity contribution in [3.05, 3.63) is 86.9 Å². The second-order valence-electron chi connectivity index (χ2n) is 8.30. The number of aromatic nitrogens is 2. The van der Waals surface area contributed by atoms with Gasteiger partial charge in [-0.15, -0.1) is 0 Å². The molecule has 0 aliphatic carbocycles. The van der Waals surface area contributed by atoms with Gasteiger partial charge < -0.3 is 9.88 Å². The lowest BCUT2D eigenvalue weighted by Gasteiger charge is -2.41. The fourth-order valence-corrected chi connectivity index (χ4v) is 5.21. The number of likely N-dealkylation sites (N-methyl/N-ethyl adjacent to an activating group) is 1. The van der Waals surface area contributed by atoms with Gasteiger partial charge >= 0.3 is 0 Å². The molecule has 2 aromatic carbocycles. The van der Waals surface area contributed by atoms with E-state index in [0.29, 0.717) is 36.6 Å². The highest BCUT2D eigenvalue weighted by molar-refractivity contribution is 6.31. The van der Waals surface area contributed by atoms with Crippen LogP contribution in [0.4, 0.5) is 8.78 Å². The van der Waals surface area contributed by atoms with Gasteiger partial charge in [0, 0.05) is 26.6 Å². The molecule has 3 aromatic rings. The first-order valence-electron chi connectivity index (χ1n) is 11.3. The van der Waals surface area contributed by atoms with Crippen LogP contribution in [-0.2, 0) is 24.2 Å². The Morgan fingerprint density at radius 3 is 2.47 bits per heavy atom. The van der Waals surface area contributed by atoms with E-state index in [-0.39, 0.29) is 11.9 Å². The third kappa shape index (κ3) is 4.69. The highest BCUT2D eigenvalue weighted by Gasteiger charge is 2.39. The normalized spacial score (nSPS) is 16.8. The number of halogens is 4. The number of carbonyl (C=O) groups is 1. The van der Waals surface area contributed by atoms with Crippen molar-refractivity contribution in [3.8, 4) is 0 Å². The average molecular weight is 507 g/mol. The first-order valence-corrected chi connectivity index (χ1v) is 12.0. The Labute approximate surface area is 207 Å². The van der Waals surface area contributed by atoms with Gasteiger partial charge in [-0.3, -0.25) is 9.69 Å². The largest absolute Gasteiger partial charge is 0.358 e. The second kappa shape index (κ2) is 10.4. The van der Waals surface area contributed by atoms with Gasteiger partial charge in [0.2, 0.25) is 5.91 Å². The van der Waals surface area contributed by atoms with Crippen molar-refractivity contribution in [2.45, 2.75) is 44.8 Å². The molecule has 2 atom stereocenters. The number of fused-ring (bicyclic) bond motifs is 1. The Kier molecular flexibility index (Phi) is 7.55. The Hall–Kier alpha value is -2.48. The maximum absolute atomic E-state index is 14.1. The molecule has 0 unspecified atom stereocenters. The smallest absolute Gasteiger partial charge is 0.241 e. The lowest BCUT2D eigenvalue weighted by molar-refractivity contribution is -0.128. The molecule has 0 radical (unpaired) electrons. The maximum Gasteiger partial charge on any atom is 0.241 e. The molecule has 180 valence electrons. The van der Waals surface area contributed by atoms with E-state index in [1.165, 1.54) is 12.1 Å². The summed E-state index contributed by atoms with van der Waals surface area (Å²) < 4.78 is 30.2. The van der Waals surface area contributed by atoms with Gasteiger partial charge in [0.05, 0.1) is 11.7 Å². The summed E-state index contributed by atoms with van der Waals surface area (Å²) in [6.07, 6.45) is 1.57. The van der Waals surface area contributed by atoms with Crippen LogP contribution in [0.2, 0.25) is 10.2 Å². The number of carbonyl (C=O) groups excluding carboxylic acids is 1. The topological polar surface area (TPSA) is 50.2 Å². The molecule has 0 saturated carbocycles. The van der Waals surface area contributed by atoms with E-state index in [4.69, 9.17) is 23.2 Å². The predicted molar refractivity (Wildman–Crippen MR) is 129 cm³/mol. The number of benzene rings is 2. The zero-order valence-corrected chi connectivity index (χ0v) is 20.5. The number of amides is 1. The lowest BCUT2D eigenvalue weighted by Crippen LogP contribution is -2.46. The molecule has 0 spiro atoms. The molecule has 34 heavy (non-hydrogen) atoms. The van der Waals surface area contributed by atoms with Crippen LogP contribution >= 0.6 is 23.2 Å². The summed E-state index contributed by atoms with van der Waals surface area (Å²) in [5.41, 5.74) is 2.17. The molecule has 5 nitrogen and oxygen atoms in total. The van der Waals surface area contributed by atoms with Crippen LogP contribution in [0.25, 0.3) is 0 Å². The van der Waals surface area contributed by atoms with E-state index in [9.17, 15) is 13.6 Å². The zero-order valence-electron chi connectivity index (χ0n) is 19.0. The number of nitrogens with one attached hydrogen (secondary N) is 1. The molecule has 2 heterocycles. The third-order valence-corrected chi connectivity index (χ3v) is 6.99. The van der Waals surface area contributed by atoms with E-state index in [1.54, 1.807) is 7.05 Å². The van der Waals surface area contributed by atoms with E-state index in [2.05, 4.69) is 19.8 Å². The fraction of sp³-hybridized carbons (Fsp3) is 0.360. The molecular formula is C25H26Cl2F2N4O. The summed E-state index contributed by atoms with van der Waals surface area (Å²) in [5.74, 6) is -0.842. The van der Waals surface area contributed by atoms with Crippen LogP contribution in [0.15, 0.2) is 42.5 Å². The minimum absolute atomic E-state index is 0.139. The van der Waals surface area contributed by atoms with E-state index in [1.807, 2.05) is 37.3 Å². The van der Waals surface area contributed by atoms with E-state index >= 15 is 0 Å². The van der Waals surface area contributed by atoms with Crippen LogP contribution in [0.5, 0.6) is 0 Å². The van der Waals surface area contributed by atoms with Crippen LogP contribution in [0, 0.1) is 11.6 Å². The lowest BCUT2D eigenvalue weighted by atomic mass is 9.95. The SMILES string of the molecule is CCc1nc(Cl)c2n1CCN([C@@H](C(=O)NC)c1ccccc1)[C@H]2CCc1cc(F)c(Cl)c(F)c1. The molecule has 9 heteroatoms. The summed E-state index contributed by atoms with van der Waals surface area (Å²) in [4.78, 5) is 19.8. The van der Waals surface area contributed by atoms with Gasteiger partial charge in [0.1, 0.15) is 28.5 Å². The second-order valence-corrected chi connectivity index (χ2v) is 9.04. The minimum Gasteiger partial charge on any atom is -0.358 e. The summed E-state index contributed by atoms with van der Waals surface area (Å²) in [6.45, 7) is 3.25. The van der Waals surface area contributed by atoms with Crippen molar-refractivity contribution in [1.29, 1.82) is 0 Å². The summed E-state index contributed by atoms with van der Waals surface area (Å²) in [6, 6.07) is 11.2. The van der Waals surface area contributed by atoms with Gasteiger partial charge in [0.15, 0.2) is 5.15 Å². The van der Waals surface area contributed by atoms with E-state index in [0.717, 1.165) is 23.5 Å². The van der Waals surface area contributed by atoms with Crippen molar-refractivity contribution in [2.24, 2.45) is 0 Å². The van der Waals surface area contributed by atoms with Crippen molar-refractivity contribution in [1.82, 2.24) is 19.8 Å². The Bertz CT molecular complexity index is 1160. The number of rotatable bonds is 7. The number of hydrogen-bond acceptors (Lipinski definition) is 3. The molecule has 1 aliphatic heterocycles. The van der Waals surface area contributed by atoms with Crippen LogP contribution in [0.3, 0.4) is 0 Å². The van der Waals surface area contributed by atoms with Crippen molar-refractivity contribution in [3.63, 3.8) is 0 Å². The molecule has 0 fully saturated rings. The van der Waals surface area contributed by atoms with Crippen molar-refractivity contribution in [2.75, 3.05) is 13.6 Å². The average Bonchev–Trinajstić information content (AvgIpc) is 3.18. The molecule has 1 aromatic heterocycles. The molecule has 0 saturated heterocycles. The predicted octanol–water partition coefficient (Wildman–Crippen LogP) is 5.51. The number of imidazole rings is 1. The molecule has 1 amide bonds. The monoisotopic (exact) mass is 506 g/mol. The standard InChI is InChI=1S/C25H26Cl2F2N4O/c1-3-20-31-24(27)23-19(10-9-15-13-17(28)21(26)18(29)14-15)32(11-12-33(20)23)22(25(34)30-2)16-7-5-4-6-8-16/h4-8,13-14,19,22H,3,9-12H2,1-2H3,(H,30,34)/t19-,22+/m0/s1. The van der Waals surface area contributed by atoms with Crippen LogP contribution in [0.1, 0.15) is 48.1 Å². The Balaban J connectivity index is 1.75. The fourth-order valence-electron chi connectivity index (χ4n) is 4.78. The van der Waals surface area contributed by atoms with Gasteiger partial charge in [-0.05, 0) is 36.1 Å². The number of aryl methyl sites for hydroxylation is 2. The summed E-state index contributed by atoms with van der Waals surface area (Å²) >= 11 is 12.3. The Morgan fingerprint density at radius 1 is 1.18 bits per heavy atom. The minimum atomic E-state index is -0.791. The van der Waals surface area contributed by atoms with Crippen molar-refractivity contribution >= 4 is 29.1 Å². The van der Waals surface area contributed by atoms with Gasteiger partial charge in [-0.1, -0.05) is 60.5 Å². The Morgan fingerprint density at radius 2 is 1.85 bits per heavy atom. The van der Waals surface area contributed by atoms with Crippen LogP contribution in [-0.4, -0.2) is 34.0 Å². The summed E-state index contributed by atoms with van der Waals surface area (Å²) in [7, 11) is 1.61. The first kappa shape index (κ1) is 24.6. The first-order chi connectivity index (χ1) is 16.3. The number of hydrogen-bond donors (Lipinski definition) is 1. The van der Waals surface area contributed by atoms with Gasteiger partial charge in [-0.25, -0.2) is 13.8 Å². The number of nitrogens with zero attached hydrogens (tertiary/aromatic N) is 3. The van der Waals surface area contributed by atoms with E-state index < -0.39 is 22.7 Å². The molecule has 4 rings (SSSR count). The van der Waals surface area contributed by atoms with Crippen molar-refractivity contribution < 1.29 is 13.6 Å². The van der Waals surface area contributed by atoms with Gasteiger partial charge in [0.25, 0.3) is 0 Å². The van der Waals surface area contributed by atoms with Gasteiger partial charge in [-0.2, -0.15) is 0 Å².